The van der Waals surface area contributed by atoms with Crippen LogP contribution in [-0.2, 0) is 27.9 Å². The van der Waals surface area contributed by atoms with Gasteiger partial charge >= 0.3 is 5.69 Å². The first-order valence-corrected chi connectivity index (χ1v) is 24.3. The summed E-state index contributed by atoms with van der Waals surface area (Å²) in [6.45, 7) is 11.2. The lowest BCUT2D eigenvalue weighted by molar-refractivity contribution is -0.135. The highest BCUT2D eigenvalue weighted by Crippen LogP contribution is 2.38. The number of likely N-dealkylation sites (N-methyl/N-ethyl adjacent to an activating group) is 1. The topological polar surface area (TPSA) is 178 Å². The summed E-state index contributed by atoms with van der Waals surface area (Å²) in [6.07, 6.45) is 6.53. The van der Waals surface area contributed by atoms with Gasteiger partial charge in [-0.3, -0.25) is 39.1 Å². The van der Waals surface area contributed by atoms with Gasteiger partial charge in [-0.05, 0) is 100 Å². The number of benzene rings is 2. The number of fused-ring (bicyclic) bond motifs is 2. The van der Waals surface area contributed by atoms with E-state index in [0.717, 1.165) is 119 Å². The van der Waals surface area contributed by atoms with Crippen molar-refractivity contribution in [2.24, 2.45) is 7.05 Å². The van der Waals surface area contributed by atoms with Crippen molar-refractivity contribution in [3.63, 3.8) is 0 Å². The molecule has 5 aliphatic rings. The van der Waals surface area contributed by atoms with Gasteiger partial charge in [0.25, 0.3) is 6.43 Å². The van der Waals surface area contributed by atoms with Crippen molar-refractivity contribution in [2.45, 2.75) is 95.6 Å². The molecule has 3 amide bonds. The molecule has 2 atom stereocenters. The van der Waals surface area contributed by atoms with E-state index in [-0.39, 0.29) is 41.4 Å². The molecule has 3 saturated heterocycles. The van der Waals surface area contributed by atoms with Gasteiger partial charge < -0.3 is 35.6 Å². The van der Waals surface area contributed by atoms with Crippen LogP contribution in [0.4, 0.5) is 20.2 Å². The molecule has 16 nitrogen and oxygen atoms in total. The van der Waals surface area contributed by atoms with E-state index in [1.807, 2.05) is 29.2 Å². The van der Waals surface area contributed by atoms with Crippen molar-refractivity contribution in [2.75, 3.05) is 95.4 Å². The Morgan fingerprint density at radius 2 is 1.61 bits per heavy atom. The Bertz CT molecular complexity index is 2430. The molecule has 0 bridgehead atoms. The van der Waals surface area contributed by atoms with Gasteiger partial charge in [0.05, 0.1) is 17.6 Å². The number of imide groups is 1. The van der Waals surface area contributed by atoms with Crippen LogP contribution in [0.25, 0.3) is 11.0 Å². The molecular weight excluding hydrogens is 859 g/mol. The SMILES string of the molecule is CNCC(C=N)c1cc2c(cc1C(F)F)N(C(=N)C1=C(NC3CCN(CCCCCN4CCN(c5ccc6c(c5)n(C)c(=O)n6C5CCC(=O)NC5=O)CC4)CC3)CCN(C(C)=O)C1)CCC2. The minimum Gasteiger partial charge on any atom is -0.385 e. The van der Waals surface area contributed by atoms with Crippen LogP contribution in [0.1, 0.15) is 99.8 Å². The first kappa shape index (κ1) is 48.0. The zero-order valence-corrected chi connectivity index (χ0v) is 39.3. The van der Waals surface area contributed by atoms with E-state index >= 15 is 0 Å². The van der Waals surface area contributed by atoms with Crippen LogP contribution in [0.5, 0.6) is 0 Å². The highest BCUT2D eigenvalue weighted by atomic mass is 19.3. The maximum atomic E-state index is 14.6. The molecule has 362 valence electrons. The summed E-state index contributed by atoms with van der Waals surface area (Å²) in [7, 11) is 3.48. The number of anilines is 2. The van der Waals surface area contributed by atoms with Crippen molar-refractivity contribution in [1.82, 2.24) is 39.8 Å². The quantitative estimate of drug-likeness (QED) is 0.0596. The molecule has 3 aromatic rings. The number of nitrogens with one attached hydrogen (secondary N) is 5. The number of aryl methyl sites for hydroxylation is 2. The van der Waals surface area contributed by atoms with Crippen molar-refractivity contribution >= 4 is 52.2 Å². The number of piperazine rings is 1. The van der Waals surface area contributed by atoms with E-state index in [4.69, 9.17) is 5.41 Å². The Kier molecular flexibility index (Phi) is 15.2. The van der Waals surface area contributed by atoms with Crippen LogP contribution in [-0.4, -0.2) is 145 Å². The summed E-state index contributed by atoms with van der Waals surface area (Å²) in [5, 5.41) is 26.7. The van der Waals surface area contributed by atoms with Crippen LogP contribution in [0.2, 0.25) is 0 Å². The highest BCUT2D eigenvalue weighted by Gasteiger charge is 2.34. The van der Waals surface area contributed by atoms with Gasteiger partial charge in [-0.2, -0.15) is 0 Å². The molecule has 2 aromatic carbocycles. The molecule has 5 aliphatic heterocycles. The first-order chi connectivity index (χ1) is 32.3. The third-order valence-corrected chi connectivity index (χ3v) is 14.8. The average molecular weight is 927 g/mol. The normalized spacial score (nSPS) is 20.7. The second-order valence-electron chi connectivity index (χ2n) is 19.0. The molecule has 0 aliphatic carbocycles. The van der Waals surface area contributed by atoms with Crippen LogP contribution in [0.15, 0.2) is 46.4 Å². The van der Waals surface area contributed by atoms with Gasteiger partial charge in [0.15, 0.2) is 0 Å². The summed E-state index contributed by atoms with van der Waals surface area (Å²) in [6, 6.07) is 8.90. The number of carbonyl (C=O) groups is 3. The van der Waals surface area contributed by atoms with E-state index in [0.29, 0.717) is 62.2 Å². The largest absolute Gasteiger partial charge is 0.385 e. The van der Waals surface area contributed by atoms with E-state index in [1.165, 1.54) is 16.8 Å². The molecule has 6 heterocycles. The molecule has 2 unspecified atom stereocenters. The maximum absolute atomic E-state index is 14.6. The number of hydrogen-bond donors (Lipinski definition) is 5. The molecule has 0 radical (unpaired) electrons. The Morgan fingerprint density at radius 3 is 2.28 bits per heavy atom. The van der Waals surface area contributed by atoms with Gasteiger partial charge in [0.2, 0.25) is 17.7 Å². The Morgan fingerprint density at radius 1 is 0.881 bits per heavy atom. The lowest BCUT2D eigenvalue weighted by Crippen LogP contribution is -2.48. The predicted molar refractivity (Wildman–Crippen MR) is 258 cm³/mol. The molecule has 1 aromatic heterocycles. The number of rotatable bonds is 16. The lowest BCUT2D eigenvalue weighted by Gasteiger charge is -2.39. The van der Waals surface area contributed by atoms with Gasteiger partial charge in [-0.25, -0.2) is 13.6 Å². The number of halogens is 2. The monoisotopic (exact) mass is 927 g/mol. The minimum absolute atomic E-state index is 0.0467. The number of amidine groups is 1. The number of amides is 3. The fourth-order valence-corrected chi connectivity index (χ4v) is 10.9. The number of unbranched alkanes of at least 4 members (excludes halogenated alkanes) is 2. The number of piperidine rings is 2. The van der Waals surface area contributed by atoms with E-state index in [1.54, 1.807) is 30.5 Å². The van der Waals surface area contributed by atoms with E-state index in [2.05, 4.69) is 30.7 Å². The maximum Gasteiger partial charge on any atom is 0.329 e. The van der Waals surface area contributed by atoms with E-state index in [9.17, 15) is 33.4 Å². The minimum atomic E-state index is -2.72. The van der Waals surface area contributed by atoms with Crippen molar-refractivity contribution < 1.29 is 23.2 Å². The summed E-state index contributed by atoms with van der Waals surface area (Å²) in [5.41, 5.74) is 5.88. The number of hydrogen-bond acceptors (Lipinski definition) is 11. The number of alkyl halides is 2. The average Bonchev–Trinajstić information content (AvgIpc) is 3.57. The molecule has 5 N–H and O–H groups in total. The molecule has 3 fully saturated rings. The molecule has 0 saturated carbocycles. The summed E-state index contributed by atoms with van der Waals surface area (Å²) >= 11 is 0. The predicted octanol–water partition coefficient (Wildman–Crippen LogP) is 4.49. The van der Waals surface area contributed by atoms with Crippen molar-refractivity contribution in [1.29, 1.82) is 10.8 Å². The molecule has 0 spiro atoms. The Labute approximate surface area is 391 Å². The molecular formula is C49H68F2N12O4. The van der Waals surface area contributed by atoms with Crippen molar-refractivity contribution in [3.05, 3.63) is 68.8 Å². The number of nitrogens with zero attached hydrogens (tertiary/aromatic N) is 7. The van der Waals surface area contributed by atoms with E-state index < -0.39 is 24.3 Å². The van der Waals surface area contributed by atoms with Gasteiger partial charge in [-0.1, -0.05) is 12.5 Å². The van der Waals surface area contributed by atoms with Gasteiger partial charge in [0.1, 0.15) is 11.9 Å². The molecule has 18 heteroatoms. The Hall–Kier alpha value is -5.46. The fourth-order valence-electron chi connectivity index (χ4n) is 10.9. The number of aromatic nitrogens is 2. The summed E-state index contributed by atoms with van der Waals surface area (Å²) < 4.78 is 32.3. The lowest BCUT2D eigenvalue weighted by atomic mass is 9.88. The molecule has 67 heavy (non-hydrogen) atoms. The molecule has 8 rings (SSSR count). The van der Waals surface area contributed by atoms with Crippen LogP contribution >= 0.6 is 0 Å². The van der Waals surface area contributed by atoms with Crippen molar-refractivity contribution in [3.8, 4) is 0 Å². The summed E-state index contributed by atoms with van der Waals surface area (Å²) in [4.78, 5) is 61.2. The Balaban J connectivity index is 0.801. The third kappa shape index (κ3) is 10.5. The summed E-state index contributed by atoms with van der Waals surface area (Å²) in [5.74, 6) is -0.998. The van der Waals surface area contributed by atoms with Crippen LogP contribution in [0.3, 0.4) is 0 Å². The van der Waals surface area contributed by atoms with Crippen LogP contribution in [0, 0.1) is 10.8 Å². The number of imidazole rings is 1. The fraction of sp³-hybridized carbons (Fsp3) is 0.592. The second-order valence-corrected chi connectivity index (χ2v) is 19.0. The highest BCUT2D eigenvalue weighted by molar-refractivity contribution is 6.09. The zero-order valence-electron chi connectivity index (χ0n) is 39.3. The van der Waals surface area contributed by atoms with Crippen LogP contribution < -0.4 is 31.4 Å². The first-order valence-electron chi connectivity index (χ1n) is 24.3. The van der Waals surface area contributed by atoms with Gasteiger partial charge in [-0.15, -0.1) is 0 Å². The number of likely N-dealkylation sites (tertiary alicyclic amines) is 1. The number of carbonyl (C=O) groups excluding carboxylic acids is 3. The zero-order chi connectivity index (χ0) is 47.4. The third-order valence-electron chi connectivity index (χ3n) is 14.8. The van der Waals surface area contributed by atoms with Gasteiger partial charge in [0, 0.05) is 132 Å². The smallest absolute Gasteiger partial charge is 0.329 e. The standard InChI is InChI=1S/C49H68F2N12O4/c1-32(64)61-21-15-40(39(31-61)47(53)62-18-7-8-33-26-37(34(29-52)30-54-2)38(46(50)51)28-43(33)62)55-35-13-19-58(20-14-35)16-5-4-6-17-59-22-24-60(25-23-59)36-9-10-41-44(27-36)57(3)49(67)63(41)42-11-12-45(65)56-48(42)66/h9-10,26-29,34-35,42,46,52-55H,4-8,11-25,30-31H2,1-3H3,(H,56,65,66). The second kappa shape index (κ2) is 21.2.